The van der Waals surface area contributed by atoms with Gasteiger partial charge in [-0.3, -0.25) is 4.98 Å². The number of likely N-dealkylation sites (tertiary alicyclic amines) is 1. The zero-order valence-electron chi connectivity index (χ0n) is 21.6. The minimum atomic E-state index is -0.271. The summed E-state index contributed by atoms with van der Waals surface area (Å²) in [5.41, 5.74) is 4.35. The molecular weight excluding hydrogens is 448 g/mol. The van der Waals surface area contributed by atoms with E-state index in [1.165, 1.54) is 32.5 Å². The second kappa shape index (κ2) is 12.0. The second-order valence-electron chi connectivity index (χ2n) is 10.5. The molecule has 3 aliphatic rings. The molecule has 3 aliphatic heterocycles. The number of aldehydes is 1. The van der Waals surface area contributed by atoms with Gasteiger partial charge in [0.05, 0.1) is 0 Å². The highest BCUT2D eigenvalue weighted by Gasteiger charge is 2.28. The van der Waals surface area contributed by atoms with Crippen molar-refractivity contribution < 1.29 is 9.53 Å². The largest absolute Gasteiger partial charge is 0.490 e. The first-order valence-corrected chi connectivity index (χ1v) is 13.8. The second-order valence-corrected chi connectivity index (χ2v) is 10.5. The fraction of sp³-hybridized carbons (Fsp3) is 0.533. The van der Waals surface area contributed by atoms with Crippen molar-refractivity contribution >= 4 is 11.9 Å². The number of benzene rings is 1. The molecular formula is C30H40N4O2. The molecule has 2 fully saturated rings. The Morgan fingerprint density at radius 1 is 1.08 bits per heavy atom. The minimum absolute atomic E-state index is 0.271. The monoisotopic (exact) mass is 488 g/mol. The molecule has 0 amide bonds. The highest BCUT2D eigenvalue weighted by Crippen LogP contribution is 2.37. The van der Waals surface area contributed by atoms with Gasteiger partial charge in [0, 0.05) is 55.9 Å². The van der Waals surface area contributed by atoms with Crippen LogP contribution in [0.1, 0.15) is 68.2 Å². The number of ether oxygens (including phenoxy) is 1. The van der Waals surface area contributed by atoms with Gasteiger partial charge in [-0.25, -0.2) is 0 Å². The molecule has 192 valence electrons. The van der Waals surface area contributed by atoms with E-state index in [1.807, 2.05) is 18.5 Å². The van der Waals surface area contributed by atoms with E-state index in [0.29, 0.717) is 6.10 Å². The number of nitrogens with zero attached hydrogens (tertiary/aromatic N) is 3. The average molecular weight is 489 g/mol. The molecule has 1 aromatic carbocycles. The van der Waals surface area contributed by atoms with Crippen LogP contribution < -0.4 is 10.1 Å². The number of hydrogen-bond donors (Lipinski definition) is 1. The molecule has 1 unspecified atom stereocenters. The number of pyridine rings is 1. The molecule has 1 N–H and O–H groups in total. The lowest BCUT2D eigenvalue weighted by molar-refractivity contribution is -0.111. The molecule has 36 heavy (non-hydrogen) atoms. The fourth-order valence-corrected chi connectivity index (χ4v) is 5.85. The van der Waals surface area contributed by atoms with E-state index in [9.17, 15) is 4.79 Å². The average Bonchev–Trinajstić information content (AvgIpc) is 2.93. The van der Waals surface area contributed by atoms with Crippen LogP contribution in [0.5, 0.6) is 5.75 Å². The van der Waals surface area contributed by atoms with E-state index in [2.05, 4.69) is 57.5 Å². The number of rotatable bonds is 9. The SMILES string of the molecule is CCCCN1C=C(c2ccc(OC3CCN(CC4CCNCC4)CC3)cc2)c2ccncc2C1C=O. The maximum Gasteiger partial charge on any atom is 0.147 e. The summed E-state index contributed by atoms with van der Waals surface area (Å²) in [4.78, 5) is 21.1. The number of fused-ring (bicyclic) bond motifs is 1. The molecule has 0 aliphatic carbocycles. The molecule has 0 bridgehead atoms. The van der Waals surface area contributed by atoms with Gasteiger partial charge in [0.15, 0.2) is 0 Å². The summed E-state index contributed by atoms with van der Waals surface area (Å²) < 4.78 is 6.39. The molecule has 0 spiro atoms. The summed E-state index contributed by atoms with van der Waals surface area (Å²) in [7, 11) is 0. The number of piperidine rings is 2. The van der Waals surface area contributed by atoms with Crippen LogP contribution in [0.3, 0.4) is 0 Å². The van der Waals surface area contributed by atoms with E-state index in [-0.39, 0.29) is 6.04 Å². The highest BCUT2D eigenvalue weighted by molar-refractivity contribution is 5.85. The van der Waals surface area contributed by atoms with Gasteiger partial charge in [0.25, 0.3) is 0 Å². The number of carbonyl (C=O) groups is 1. The Bertz CT molecular complexity index is 1020. The maximum atomic E-state index is 12.0. The summed E-state index contributed by atoms with van der Waals surface area (Å²) in [6.45, 7) is 8.90. The molecule has 1 aromatic heterocycles. The number of carbonyl (C=O) groups excluding carboxylic acids is 1. The van der Waals surface area contributed by atoms with Crippen molar-refractivity contribution in [3.05, 3.63) is 65.6 Å². The normalized spacial score (nSPS) is 21.6. The molecule has 0 saturated carbocycles. The summed E-state index contributed by atoms with van der Waals surface area (Å²) >= 11 is 0. The molecule has 4 heterocycles. The first kappa shape index (κ1) is 25.0. The van der Waals surface area contributed by atoms with Crippen molar-refractivity contribution in [3.8, 4) is 5.75 Å². The van der Waals surface area contributed by atoms with E-state index >= 15 is 0 Å². The van der Waals surface area contributed by atoms with Crippen molar-refractivity contribution in [1.82, 2.24) is 20.1 Å². The standard InChI is InChI=1S/C30H40N4O2/c1-2-3-16-34-21-29(27-10-15-32-19-28(27)30(34)22-35)24-4-6-25(7-5-24)36-26-11-17-33(18-12-26)20-23-8-13-31-14-9-23/h4-7,10,15,19,21-23,26,30-31H,2-3,8-9,11-14,16-18,20H2,1H3. The molecule has 5 rings (SSSR count). The van der Waals surface area contributed by atoms with E-state index < -0.39 is 0 Å². The minimum Gasteiger partial charge on any atom is -0.490 e. The van der Waals surface area contributed by atoms with Gasteiger partial charge in [-0.05, 0) is 80.4 Å². The molecule has 2 saturated heterocycles. The Morgan fingerprint density at radius 3 is 2.58 bits per heavy atom. The molecule has 1 atom stereocenters. The van der Waals surface area contributed by atoms with Crippen molar-refractivity contribution in [2.45, 2.75) is 57.6 Å². The lowest BCUT2D eigenvalue weighted by Crippen LogP contribution is -2.42. The first-order valence-electron chi connectivity index (χ1n) is 13.8. The molecule has 6 nitrogen and oxygen atoms in total. The van der Waals surface area contributed by atoms with Crippen LogP contribution in [0.15, 0.2) is 48.9 Å². The van der Waals surface area contributed by atoms with Crippen LogP contribution >= 0.6 is 0 Å². The van der Waals surface area contributed by atoms with Crippen LogP contribution in [0, 0.1) is 5.92 Å². The van der Waals surface area contributed by atoms with Gasteiger partial charge < -0.3 is 24.6 Å². The third-order valence-electron chi connectivity index (χ3n) is 7.99. The predicted molar refractivity (Wildman–Crippen MR) is 144 cm³/mol. The van der Waals surface area contributed by atoms with Crippen LogP contribution in [0.2, 0.25) is 0 Å². The van der Waals surface area contributed by atoms with Gasteiger partial charge in [0.1, 0.15) is 24.2 Å². The Kier molecular flexibility index (Phi) is 8.34. The Hall–Kier alpha value is -2.70. The lowest BCUT2D eigenvalue weighted by atomic mass is 9.89. The van der Waals surface area contributed by atoms with Crippen LogP contribution in [0.25, 0.3) is 5.57 Å². The van der Waals surface area contributed by atoms with Crippen LogP contribution in [-0.4, -0.2) is 66.4 Å². The van der Waals surface area contributed by atoms with Gasteiger partial charge in [-0.15, -0.1) is 0 Å². The molecule has 2 aromatic rings. The zero-order chi connectivity index (χ0) is 24.7. The van der Waals surface area contributed by atoms with Crippen LogP contribution in [-0.2, 0) is 4.79 Å². The van der Waals surface area contributed by atoms with E-state index in [4.69, 9.17) is 4.74 Å². The number of unbranched alkanes of at least 4 members (excludes halogenated alkanes) is 1. The van der Waals surface area contributed by atoms with Crippen molar-refractivity contribution in [2.24, 2.45) is 5.92 Å². The van der Waals surface area contributed by atoms with Gasteiger partial charge in [0.2, 0.25) is 0 Å². The molecule has 6 heteroatoms. The van der Waals surface area contributed by atoms with Crippen molar-refractivity contribution in [2.75, 3.05) is 39.3 Å². The predicted octanol–water partition coefficient (Wildman–Crippen LogP) is 4.67. The summed E-state index contributed by atoms with van der Waals surface area (Å²) in [5, 5.41) is 3.47. The maximum absolute atomic E-state index is 12.0. The quantitative estimate of drug-likeness (QED) is 0.518. The fourth-order valence-electron chi connectivity index (χ4n) is 5.85. The summed E-state index contributed by atoms with van der Waals surface area (Å²) in [5.74, 6) is 1.79. The Balaban J connectivity index is 1.23. The van der Waals surface area contributed by atoms with Crippen molar-refractivity contribution in [1.29, 1.82) is 0 Å². The van der Waals surface area contributed by atoms with E-state index in [0.717, 1.165) is 85.5 Å². The lowest BCUT2D eigenvalue weighted by Gasteiger charge is -2.35. The number of nitrogens with one attached hydrogen (secondary N) is 1. The summed E-state index contributed by atoms with van der Waals surface area (Å²) in [6.07, 6.45) is 14.1. The third-order valence-corrected chi connectivity index (χ3v) is 7.99. The Morgan fingerprint density at radius 2 is 1.86 bits per heavy atom. The smallest absolute Gasteiger partial charge is 0.147 e. The third kappa shape index (κ3) is 5.81. The Labute approximate surface area is 215 Å². The molecule has 0 radical (unpaired) electrons. The number of hydrogen-bond acceptors (Lipinski definition) is 6. The van der Waals surface area contributed by atoms with Gasteiger partial charge in [-0.1, -0.05) is 25.5 Å². The van der Waals surface area contributed by atoms with Gasteiger partial charge >= 0.3 is 0 Å². The summed E-state index contributed by atoms with van der Waals surface area (Å²) in [6, 6.07) is 10.2. The highest BCUT2D eigenvalue weighted by atomic mass is 16.5. The van der Waals surface area contributed by atoms with E-state index in [1.54, 1.807) is 0 Å². The first-order chi connectivity index (χ1) is 17.7. The van der Waals surface area contributed by atoms with Crippen molar-refractivity contribution in [3.63, 3.8) is 0 Å². The number of aromatic nitrogens is 1. The van der Waals surface area contributed by atoms with Gasteiger partial charge in [-0.2, -0.15) is 0 Å². The van der Waals surface area contributed by atoms with Crippen LogP contribution in [0.4, 0.5) is 0 Å². The topological polar surface area (TPSA) is 57.7 Å². The zero-order valence-corrected chi connectivity index (χ0v) is 21.6.